The number of rotatable bonds is 5. The topological polar surface area (TPSA) is 85.6 Å². The van der Waals surface area contributed by atoms with Gasteiger partial charge in [-0.2, -0.15) is 5.10 Å². The lowest BCUT2D eigenvalue weighted by Crippen LogP contribution is -2.80. The monoisotopic (exact) mass is 463 g/mol. The first kappa shape index (κ1) is 21.0. The van der Waals surface area contributed by atoms with Crippen molar-refractivity contribution in [3.63, 3.8) is 0 Å². The van der Waals surface area contributed by atoms with Crippen molar-refractivity contribution in [2.45, 2.75) is 80.2 Å². The van der Waals surface area contributed by atoms with Crippen molar-refractivity contribution in [1.82, 2.24) is 15.1 Å². The summed E-state index contributed by atoms with van der Waals surface area (Å²) in [4.78, 5) is 12.9. The van der Waals surface area contributed by atoms with E-state index in [0.717, 1.165) is 11.1 Å². The molecular formula is C23H24F3N3O4. The largest absolute Gasteiger partial charge is 0.522 e. The van der Waals surface area contributed by atoms with Crippen molar-refractivity contribution >= 4 is 5.91 Å². The molecule has 0 spiro atoms. The first-order chi connectivity index (χ1) is 15.6. The molecule has 1 unspecified atom stereocenters. The van der Waals surface area contributed by atoms with Crippen molar-refractivity contribution in [3.05, 3.63) is 47.8 Å². The lowest BCUT2D eigenvalue weighted by molar-refractivity contribution is -0.351. The molecule has 2 heterocycles. The zero-order chi connectivity index (χ0) is 23.1. The van der Waals surface area contributed by atoms with Gasteiger partial charge in [-0.1, -0.05) is 18.2 Å². The Labute approximate surface area is 187 Å². The number of nitrogens with zero attached hydrogens (tertiary/aromatic N) is 2. The summed E-state index contributed by atoms with van der Waals surface area (Å²) < 4.78 is 48.6. The summed E-state index contributed by atoms with van der Waals surface area (Å²) in [5, 5.41) is 18.3. The van der Waals surface area contributed by atoms with E-state index in [0.29, 0.717) is 44.3 Å². The zero-order valence-corrected chi connectivity index (χ0v) is 17.8. The van der Waals surface area contributed by atoms with Crippen LogP contribution < -0.4 is 10.1 Å². The average Bonchev–Trinajstić information content (AvgIpc) is 3.14. The number of carbonyl (C=O) groups is 1. The number of halogens is 3. The van der Waals surface area contributed by atoms with E-state index in [-0.39, 0.29) is 23.4 Å². The zero-order valence-electron chi connectivity index (χ0n) is 17.8. The maximum Gasteiger partial charge on any atom is 0.522 e. The van der Waals surface area contributed by atoms with Crippen molar-refractivity contribution < 1.29 is 32.5 Å². The quantitative estimate of drug-likeness (QED) is 0.712. The minimum absolute atomic E-state index is 0.0210. The van der Waals surface area contributed by atoms with Gasteiger partial charge in [-0.25, -0.2) is 0 Å². The van der Waals surface area contributed by atoms with E-state index in [1.54, 1.807) is 18.3 Å². The van der Waals surface area contributed by atoms with Crippen molar-refractivity contribution in [2.24, 2.45) is 0 Å². The Kier molecular flexibility index (Phi) is 4.28. The molecule has 4 aliphatic carbocycles. The summed E-state index contributed by atoms with van der Waals surface area (Å²) >= 11 is 0. The van der Waals surface area contributed by atoms with Crippen LogP contribution in [0.1, 0.15) is 55.6 Å². The molecule has 1 amide bonds. The van der Waals surface area contributed by atoms with Crippen LogP contribution in [-0.2, 0) is 21.5 Å². The molecule has 1 aliphatic heterocycles. The molecule has 176 valence electrons. The summed E-state index contributed by atoms with van der Waals surface area (Å²) in [7, 11) is 0. The Hall–Kier alpha value is -2.59. The number of ether oxygens (including phenoxy) is 2. The SMILES string of the molecule is O=C(NC12CC(n3cc(C4CC(OC(F)(F)F)C4)cn3)(C1)C2)C1(O)CCc2ccccc2O1. The van der Waals surface area contributed by atoms with Gasteiger partial charge in [0.2, 0.25) is 0 Å². The van der Waals surface area contributed by atoms with Crippen LogP contribution in [0.25, 0.3) is 0 Å². The van der Waals surface area contributed by atoms with Crippen molar-refractivity contribution in [2.75, 3.05) is 0 Å². The molecule has 7 nitrogen and oxygen atoms in total. The Morgan fingerprint density at radius 1 is 1.24 bits per heavy atom. The lowest BCUT2D eigenvalue weighted by Gasteiger charge is -2.70. The number of nitrogens with one attached hydrogen (secondary N) is 1. The number of carbonyl (C=O) groups excluding carboxylic acids is 1. The van der Waals surface area contributed by atoms with Crippen LogP contribution in [-0.4, -0.2) is 44.6 Å². The number of aryl methyl sites for hydroxylation is 1. The maximum atomic E-state index is 12.9. The molecule has 0 radical (unpaired) electrons. The van der Waals surface area contributed by atoms with E-state index < -0.39 is 24.2 Å². The average molecular weight is 463 g/mol. The highest BCUT2D eigenvalue weighted by Gasteiger charge is 2.71. The molecule has 2 bridgehead atoms. The molecule has 0 saturated heterocycles. The molecular weight excluding hydrogens is 439 g/mol. The number of hydrogen-bond acceptors (Lipinski definition) is 5. The highest BCUT2D eigenvalue weighted by atomic mass is 19.4. The number of benzene rings is 1. The number of fused-ring (bicyclic) bond motifs is 1. The van der Waals surface area contributed by atoms with Gasteiger partial charge >= 0.3 is 6.36 Å². The maximum absolute atomic E-state index is 12.9. The molecule has 1 aromatic heterocycles. The Bertz CT molecular complexity index is 1090. The summed E-state index contributed by atoms with van der Waals surface area (Å²) in [6.07, 6.45) is 1.76. The second-order valence-corrected chi connectivity index (χ2v) is 10.1. The molecule has 5 aliphatic rings. The van der Waals surface area contributed by atoms with Crippen LogP contribution in [0, 0.1) is 0 Å². The Morgan fingerprint density at radius 3 is 2.70 bits per heavy atom. The third-order valence-electron chi connectivity index (χ3n) is 7.68. The van der Waals surface area contributed by atoms with Crippen LogP contribution in [0.3, 0.4) is 0 Å². The molecule has 33 heavy (non-hydrogen) atoms. The fourth-order valence-electron chi connectivity index (χ4n) is 5.89. The van der Waals surface area contributed by atoms with Gasteiger partial charge in [-0.05, 0) is 61.6 Å². The molecule has 4 saturated carbocycles. The number of amides is 1. The molecule has 1 atom stereocenters. The van der Waals surface area contributed by atoms with Gasteiger partial charge < -0.3 is 15.2 Å². The number of para-hydroxylation sites is 1. The summed E-state index contributed by atoms with van der Waals surface area (Å²) in [5.41, 5.74) is 1.33. The fourth-order valence-corrected chi connectivity index (χ4v) is 5.89. The number of aromatic nitrogens is 2. The van der Waals surface area contributed by atoms with Crippen LogP contribution in [0.2, 0.25) is 0 Å². The van der Waals surface area contributed by atoms with Crippen LogP contribution >= 0.6 is 0 Å². The van der Waals surface area contributed by atoms with Gasteiger partial charge in [0, 0.05) is 18.2 Å². The van der Waals surface area contributed by atoms with Gasteiger partial charge in [-0.15, -0.1) is 13.2 Å². The standard InChI is InChI=1S/C23H24F3N3O4/c24-23(25,26)32-17-7-15(8-17)16-9-27-29(10-16)21-11-20(12-21,13-21)28-19(30)22(31)6-5-14-3-1-2-4-18(14)33-22/h1-4,9-10,15,17,31H,5-8,11-13H2,(H,28,30). The minimum Gasteiger partial charge on any atom is -0.453 e. The second-order valence-electron chi connectivity index (χ2n) is 10.1. The first-order valence-electron chi connectivity index (χ1n) is 11.2. The molecule has 1 aromatic carbocycles. The molecule has 7 rings (SSSR count). The van der Waals surface area contributed by atoms with Crippen molar-refractivity contribution in [1.29, 1.82) is 0 Å². The number of hydrogen-bond donors (Lipinski definition) is 2. The van der Waals surface area contributed by atoms with Crippen molar-refractivity contribution in [3.8, 4) is 5.75 Å². The molecule has 2 aromatic rings. The van der Waals surface area contributed by atoms with Crippen LogP contribution in [0.15, 0.2) is 36.7 Å². The third kappa shape index (κ3) is 3.42. The van der Waals surface area contributed by atoms with E-state index in [1.807, 2.05) is 23.0 Å². The van der Waals surface area contributed by atoms with Gasteiger partial charge in [-0.3, -0.25) is 14.2 Å². The Morgan fingerprint density at radius 2 is 1.97 bits per heavy atom. The van der Waals surface area contributed by atoms with Crippen LogP contribution in [0.5, 0.6) is 5.75 Å². The minimum atomic E-state index is -4.59. The molecule has 10 heteroatoms. The summed E-state index contributed by atoms with van der Waals surface area (Å²) in [5.74, 6) is -1.85. The predicted molar refractivity (Wildman–Crippen MR) is 108 cm³/mol. The van der Waals surface area contributed by atoms with Crippen LogP contribution in [0.4, 0.5) is 13.2 Å². The van der Waals surface area contributed by atoms with E-state index in [9.17, 15) is 23.1 Å². The third-order valence-corrected chi connectivity index (χ3v) is 7.68. The summed E-state index contributed by atoms with van der Waals surface area (Å²) in [6, 6.07) is 7.37. The number of aliphatic hydroxyl groups is 1. The van der Waals surface area contributed by atoms with E-state index in [2.05, 4.69) is 15.2 Å². The van der Waals surface area contributed by atoms with E-state index in [1.165, 1.54) is 0 Å². The molecule has 2 N–H and O–H groups in total. The molecule has 4 fully saturated rings. The smallest absolute Gasteiger partial charge is 0.453 e. The predicted octanol–water partition coefficient (Wildman–Crippen LogP) is 3.13. The van der Waals surface area contributed by atoms with Gasteiger partial charge in [0.25, 0.3) is 11.7 Å². The summed E-state index contributed by atoms with van der Waals surface area (Å²) in [6.45, 7) is 0. The van der Waals surface area contributed by atoms with Gasteiger partial charge in [0.15, 0.2) is 0 Å². The number of alkyl halides is 3. The second kappa shape index (κ2) is 6.73. The normalized spacial score (nSPS) is 36.5. The van der Waals surface area contributed by atoms with E-state index in [4.69, 9.17) is 4.74 Å². The highest BCUT2D eigenvalue weighted by Crippen LogP contribution is 2.65. The Balaban J connectivity index is 1.04. The first-order valence-corrected chi connectivity index (χ1v) is 11.2. The van der Waals surface area contributed by atoms with Gasteiger partial charge in [0.1, 0.15) is 5.75 Å². The highest BCUT2D eigenvalue weighted by molar-refractivity contribution is 5.85. The van der Waals surface area contributed by atoms with E-state index >= 15 is 0 Å². The van der Waals surface area contributed by atoms with Gasteiger partial charge in [0.05, 0.1) is 17.8 Å². The lowest BCUT2D eigenvalue weighted by atomic mass is 9.44. The fraction of sp³-hybridized carbons (Fsp3) is 0.565.